The molecule has 0 saturated heterocycles. The summed E-state index contributed by atoms with van der Waals surface area (Å²) in [5, 5.41) is 4.83. The number of rotatable bonds is 4. The molecule has 5 aromatic carbocycles. The first kappa shape index (κ1) is 32.0. The van der Waals surface area contributed by atoms with E-state index >= 15 is 0 Å². The normalized spacial score (nSPS) is 11.7. The molecule has 0 unspecified atom stereocenters. The molecule has 0 aliphatic carbocycles. The molecule has 5 heterocycles. The Morgan fingerprint density at radius 2 is 1.04 bits per heavy atom. The minimum Gasteiger partial charge on any atom is -0.497 e. The van der Waals surface area contributed by atoms with Gasteiger partial charge < -0.3 is 13.5 Å². The van der Waals surface area contributed by atoms with E-state index in [1.165, 1.54) is 44.5 Å². The standard InChI is InChI=1S/C44H30N6O.Pt/c1-25-7-5-8-26(2)37(25)33-15-16-34(38-27(3)9-6-10-28(38)4)41-39(33)31-13-11-29(23-35(31)42-47-19-21-49(41)42)51-30-12-14-32-36(24-30)43-48-20-22-50(43)44-40(32)45-17-18-46-44;/h5-22H,1-4H3;/q-2;+2. The largest absolute Gasteiger partial charge is 2.00 e. The molecule has 0 aliphatic heterocycles. The van der Waals surface area contributed by atoms with Crippen LogP contribution in [-0.2, 0) is 21.1 Å². The fraction of sp³-hybridized carbons (Fsp3) is 0.0909. The van der Waals surface area contributed by atoms with Gasteiger partial charge >= 0.3 is 21.1 Å². The van der Waals surface area contributed by atoms with E-state index < -0.39 is 0 Å². The van der Waals surface area contributed by atoms with Crippen molar-refractivity contribution in [3.63, 3.8) is 0 Å². The Balaban J connectivity index is 0.00000360. The van der Waals surface area contributed by atoms with Crippen LogP contribution in [0.25, 0.3) is 77.2 Å². The molecule has 0 fully saturated rings. The summed E-state index contributed by atoms with van der Waals surface area (Å²) in [6.45, 7) is 8.76. The van der Waals surface area contributed by atoms with Crippen LogP contribution in [0, 0.1) is 39.8 Å². The fourth-order valence-corrected chi connectivity index (χ4v) is 7.97. The number of aryl methyl sites for hydroxylation is 4. The van der Waals surface area contributed by atoms with E-state index in [1.54, 1.807) is 18.6 Å². The number of hydrogen-bond donors (Lipinski definition) is 0. The summed E-state index contributed by atoms with van der Waals surface area (Å²) in [4.78, 5) is 18.7. The van der Waals surface area contributed by atoms with Gasteiger partial charge in [0.15, 0.2) is 0 Å². The zero-order valence-corrected chi connectivity index (χ0v) is 31.1. The second-order valence-electron chi connectivity index (χ2n) is 13.2. The first-order chi connectivity index (χ1) is 25.0. The van der Waals surface area contributed by atoms with Crippen molar-refractivity contribution < 1.29 is 25.8 Å². The number of imidazole rings is 2. The summed E-state index contributed by atoms with van der Waals surface area (Å²) in [7, 11) is 0. The SMILES string of the molecule is Cc1cccc(C)c1-c1ccc(-c2c(C)cccc2C)c2c1c1ccc(Oc3[c-]c4c(cc3)c3nccnc3n3ccnc43)[c-]c1c1nccn12.[Pt+2]. The molecular weight excluding hydrogens is 824 g/mol. The van der Waals surface area contributed by atoms with Gasteiger partial charge in [-0.3, -0.25) is 15.0 Å². The van der Waals surface area contributed by atoms with Gasteiger partial charge in [0.05, 0.1) is 16.8 Å². The van der Waals surface area contributed by atoms with Crippen molar-refractivity contribution >= 4 is 54.9 Å². The van der Waals surface area contributed by atoms with E-state index in [0.717, 1.165) is 54.9 Å². The van der Waals surface area contributed by atoms with E-state index in [0.29, 0.717) is 11.5 Å². The number of benzene rings is 5. The third-order valence-electron chi connectivity index (χ3n) is 10.1. The van der Waals surface area contributed by atoms with E-state index in [1.807, 2.05) is 35.0 Å². The Labute approximate surface area is 313 Å². The average Bonchev–Trinajstić information content (AvgIpc) is 3.84. The van der Waals surface area contributed by atoms with Crippen molar-refractivity contribution in [1.82, 2.24) is 28.7 Å². The monoisotopic (exact) mass is 853 g/mol. The molecule has 10 aromatic rings. The van der Waals surface area contributed by atoms with Crippen molar-refractivity contribution in [2.45, 2.75) is 27.7 Å². The van der Waals surface area contributed by atoms with Crippen molar-refractivity contribution in [3.05, 3.63) is 144 Å². The maximum atomic E-state index is 6.53. The van der Waals surface area contributed by atoms with Crippen LogP contribution in [0.5, 0.6) is 11.5 Å². The minimum absolute atomic E-state index is 0. The van der Waals surface area contributed by atoms with Crippen LogP contribution in [0.3, 0.4) is 0 Å². The molecule has 10 rings (SSSR count). The van der Waals surface area contributed by atoms with Crippen molar-refractivity contribution in [1.29, 1.82) is 0 Å². The Kier molecular flexibility index (Phi) is 7.46. The van der Waals surface area contributed by atoms with Gasteiger partial charge in [0, 0.05) is 59.8 Å². The van der Waals surface area contributed by atoms with Gasteiger partial charge in [-0.15, -0.1) is 12.1 Å². The predicted octanol–water partition coefficient (Wildman–Crippen LogP) is 10.3. The van der Waals surface area contributed by atoms with E-state index in [2.05, 4.69) is 120 Å². The van der Waals surface area contributed by atoms with Gasteiger partial charge in [-0.2, -0.15) is 0 Å². The summed E-state index contributed by atoms with van der Waals surface area (Å²) in [5.74, 6) is 1.13. The van der Waals surface area contributed by atoms with Crippen molar-refractivity contribution in [2.75, 3.05) is 0 Å². The molecule has 8 heteroatoms. The molecular formula is C44H30N6OPt. The topological polar surface area (TPSA) is 69.6 Å². The summed E-state index contributed by atoms with van der Waals surface area (Å²) in [6.07, 6.45) is 11.0. The van der Waals surface area contributed by atoms with Gasteiger partial charge in [0.25, 0.3) is 0 Å². The number of nitrogens with zero attached hydrogens (tertiary/aromatic N) is 6. The second-order valence-corrected chi connectivity index (χ2v) is 13.2. The maximum absolute atomic E-state index is 6.53. The summed E-state index contributed by atoms with van der Waals surface area (Å²) in [5.41, 5.74) is 14.0. The van der Waals surface area contributed by atoms with Gasteiger partial charge in [-0.1, -0.05) is 94.3 Å². The number of aromatic nitrogens is 6. The van der Waals surface area contributed by atoms with Crippen LogP contribution >= 0.6 is 0 Å². The maximum Gasteiger partial charge on any atom is 2.00 e. The van der Waals surface area contributed by atoms with E-state index in [9.17, 15) is 0 Å². The third kappa shape index (κ3) is 4.69. The predicted molar refractivity (Wildman–Crippen MR) is 204 cm³/mol. The van der Waals surface area contributed by atoms with E-state index in [-0.39, 0.29) is 21.1 Å². The van der Waals surface area contributed by atoms with Gasteiger partial charge in [0.2, 0.25) is 0 Å². The molecule has 0 N–H and O–H groups in total. The third-order valence-corrected chi connectivity index (χ3v) is 10.1. The molecule has 252 valence electrons. The number of fused-ring (bicyclic) bond motifs is 12. The Bertz CT molecular complexity index is 3030. The minimum atomic E-state index is 0. The molecule has 52 heavy (non-hydrogen) atoms. The van der Waals surface area contributed by atoms with Gasteiger partial charge in [-0.05, 0) is 72.0 Å². The summed E-state index contributed by atoms with van der Waals surface area (Å²) in [6, 6.07) is 32.7. The zero-order chi connectivity index (χ0) is 34.4. The summed E-state index contributed by atoms with van der Waals surface area (Å²) < 4.78 is 10.7. The van der Waals surface area contributed by atoms with Crippen LogP contribution in [0.2, 0.25) is 0 Å². The number of ether oxygens (including phenoxy) is 1. The molecule has 0 saturated carbocycles. The van der Waals surface area contributed by atoms with Crippen molar-refractivity contribution in [2.24, 2.45) is 0 Å². The molecule has 0 radical (unpaired) electrons. The fourth-order valence-electron chi connectivity index (χ4n) is 7.97. The second kappa shape index (κ2) is 12.1. The average molecular weight is 854 g/mol. The molecule has 0 aliphatic rings. The smallest absolute Gasteiger partial charge is 0.497 e. The molecule has 0 spiro atoms. The van der Waals surface area contributed by atoms with Crippen LogP contribution < -0.4 is 4.74 Å². The molecule has 0 atom stereocenters. The first-order valence-corrected chi connectivity index (χ1v) is 17.0. The van der Waals surface area contributed by atoms with Crippen LogP contribution in [-0.4, -0.2) is 28.7 Å². The molecule has 7 nitrogen and oxygen atoms in total. The Morgan fingerprint density at radius 3 is 1.71 bits per heavy atom. The Hall–Kier alpha value is -5.91. The number of pyridine rings is 2. The van der Waals surface area contributed by atoms with Gasteiger partial charge in [0.1, 0.15) is 5.65 Å². The Morgan fingerprint density at radius 1 is 0.519 bits per heavy atom. The van der Waals surface area contributed by atoms with E-state index in [4.69, 9.17) is 9.72 Å². The quantitative estimate of drug-likeness (QED) is 0.130. The first-order valence-electron chi connectivity index (χ1n) is 17.0. The number of hydrogen-bond acceptors (Lipinski definition) is 5. The van der Waals surface area contributed by atoms with Crippen LogP contribution in [0.15, 0.2) is 110 Å². The van der Waals surface area contributed by atoms with Gasteiger partial charge in [-0.25, -0.2) is 4.98 Å². The molecule has 5 aromatic heterocycles. The summed E-state index contributed by atoms with van der Waals surface area (Å²) >= 11 is 0. The molecule has 0 bridgehead atoms. The molecule has 0 amide bonds. The van der Waals surface area contributed by atoms with Crippen LogP contribution in [0.4, 0.5) is 0 Å². The zero-order valence-electron chi connectivity index (χ0n) is 28.8. The van der Waals surface area contributed by atoms with Crippen molar-refractivity contribution in [3.8, 4) is 33.8 Å². The van der Waals surface area contributed by atoms with Crippen LogP contribution in [0.1, 0.15) is 22.3 Å².